The quantitative estimate of drug-likeness (QED) is 0.734. The van der Waals surface area contributed by atoms with Gasteiger partial charge in [-0.3, -0.25) is 4.90 Å². The number of rotatable bonds is 5. The molecule has 0 amide bonds. The van der Waals surface area contributed by atoms with Crippen LogP contribution in [0.4, 0.5) is 5.95 Å². The first-order valence-corrected chi connectivity index (χ1v) is 10.5. The van der Waals surface area contributed by atoms with Crippen molar-refractivity contribution in [1.82, 2.24) is 14.9 Å². The maximum Gasteiger partial charge on any atom is 0.228 e. The molecule has 4 aliphatic rings. The second-order valence-electron chi connectivity index (χ2n) is 9.33. The summed E-state index contributed by atoms with van der Waals surface area (Å²) in [6.45, 7) is 5.51. The molecular formula is C24H24N6O. The molecule has 3 fully saturated rings. The minimum absolute atomic E-state index is 0.0354. The van der Waals surface area contributed by atoms with Gasteiger partial charge in [0.25, 0.3) is 0 Å². The molecule has 31 heavy (non-hydrogen) atoms. The average molecular weight is 412 g/mol. The molecule has 3 saturated carbocycles. The molecule has 0 spiro atoms. The van der Waals surface area contributed by atoms with Crippen molar-refractivity contribution >= 4 is 12.0 Å². The Morgan fingerprint density at radius 1 is 1.13 bits per heavy atom. The highest BCUT2D eigenvalue weighted by molar-refractivity contribution is 5.58. The number of aryl methyl sites for hydroxylation is 2. The Bertz CT molecular complexity index is 1160. The van der Waals surface area contributed by atoms with Gasteiger partial charge in [-0.15, -0.1) is 0 Å². The van der Waals surface area contributed by atoms with Crippen molar-refractivity contribution in [2.24, 2.45) is 5.41 Å². The van der Waals surface area contributed by atoms with Gasteiger partial charge in [0.15, 0.2) is 0 Å². The molecule has 1 aromatic carbocycles. The van der Waals surface area contributed by atoms with Crippen LogP contribution >= 0.6 is 0 Å². The molecule has 0 atom stereocenters. The number of nitrogens with one attached hydrogen (secondary N) is 1. The van der Waals surface area contributed by atoms with E-state index in [1.165, 1.54) is 6.08 Å². The van der Waals surface area contributed by atoms with Crippen LogP contribution in [0, 0.1) is 41.9 Å². The molecule has 7 nitrogen and oxygen atoms in total. The van der Waals surface area contributed by atoms with Gasteiger partial charge in [0.1, 0.15) is 5.75 Å². The molecule has 0 saturated heterocycles. The Morgan fingerprint density at radius 2 is 1.84 bits per heavy atom. The second kappa shape index (κ2) is 6.80. The molecule has 2 aromatic rings. The summed E-state index contributed by atoms with van der Waals surface area (Å²) in [6, 6.07) is 8.48. The van der Waals surface area contributed by atoms with Crippen LogP contribution < -0.4 is 10.1 Å². The normalized spacial score (nSPS) is 25.8. The summed E-state index contributed by atoms with van der Waals surface area (Å²) in [6.07, 6.45) is 5.86. The Labute approximate surface area is 182 Å². The monoisotopic (exact) mass is 412 g/mol. The highest BCUT2D eigenvalue weighted by Crippen LogP contribution is 2.67. The number of hydrogen-bond donors (Lipinski definition) is 1. The van der Waals surface area contributed by atoms with E-state index in [0.717, 1.165) is 66.0 Å². The van der Waals surface area contributed by atoms with Crippen molar-refractivity contribution < 1.29 is 4.74 Å². The standard InChI is InChI=1S/C24H24N6O/c1-15-7-17(5-4-6-25)8-16(2)20(15)31-21-18-9-30(3)10-19(18)27-22(28-21)29-24-11-23(12-24,13-24)14-26/h4-5,7-8H,9-13H2,1-3H3,(H,27,28,29)/b5-4+. The molecule has 0 unspecified atom stereocenters. The molecule has 1 aromatic heterocycles. The number of hydrogen-bond acceptors (Lipinski definition) is 7. The van der Waals surface area contributed by atoms with Crippen LogP contribution in [0.3, 0.4) is 0 Å². The van der Waals surface area contributed by atoms with Crippen molar-refractivity contribution in [1.29, 1.82) is 10.5 Å². The molecule has 2 heterocycles. The molecule has 7 heteroatoms. The average Bonchev–Trinajstić information content (AvgIpc) is 3.04. The fourth-order valence-electron chi connectivity index (χ4n) is 5.27. The van der Waals surface area contributed by atoms with Gasteiger partial charge in [-0.2, -0.15) is 15.5 Å². The van der Waals surface area contributed by atoms with Crippen molar-refractivity contribution in [3.05, 3.63) is 46.2 Å². The largest absolute Gasteiger partial charge is 0.438 e. The zero-order valence-corrected chi connectivity index (χ0v) is 18.0. The minimum atomic E-state index is -0.126. The predicted octanol–water partition coefficient (Wildman–Crippen LogP) is 4.23. The lowest BCUT2D eigenvalue weighted by Crippen LogP contribution is -2.70. The Morgan fingerprint density at radius 3 is 2.48 bits per heavy atom. The molecule has 0 radical (unpaired) electrons. The zero-order valence-electron chi connectivity index (χ0n) is 18.0. The Balaban J connectivity index is 1.46. The lowest BCUT2D eigenvalue weighted by atomic mass is 9.40. The summed E-state index contributed by atoms with van der Waals surface area (Å²) >= 11 is 0. The van der Waals surface area contributed by atoms with Crippen molar-refractivity contribution in [3.63, 3.8) is 0 Å². The smallest absolute Gasteiger partial charge is 0.228 e. The van der Waals surface area contributed by atoms with Crippen LogP contribution in [0.2, 0.25) is 0 Å². The van der Waals surface area contributed by atoms with Crippen LogP contribution in [-0.4, -0.2) is 27.5 Å². The summed E-state index contributed by atoms with van der Waals surface area (Å²) in [7, 11) is 2.06. The Hall–Kier alpha value is -3.42. The van der Waals surface area contributed by atoms with Crippen molar-refractivity contribution in [2.45, 2.75) is 51.7 Å². The SMILES string of the molecule is Cc1cc(/C=C/C#N)cc(C)c1Oc1nc(NC23CC(C#N)(C2)C3)nc2c1CN(C)C2. The summed E-state index contributed by atoms with van der Waals surface area (Å²) in [4.78, 5) is 11.7. The van der Waals surface area contributed by atoms with E-state index in [2.05, 4.69) is 23.3 Å². The predicted molar refractivity (Wildman–Crippen MR) is 116 cm³/mol. The number of anilines is 1. The highest BCUT2D eigenvalue weighted by atomic mass is 16.5. The first kappa shape index (κ1) is 19.5. The topological polar surface area (TPSA) is 97.9 Å². The maximum atomic E-state index is 9.29. The second-order valence-corrected chi connectivity index (χ2v) is 9.33. The lowest BCUT2D eigenvalue weighted by Gasteiger charge is -2.66. The van der Waals surface area contributed by atoms with Crippen LogP contribution in [-0.2, 0) is 13.1 Å². The number of nitrogens with zero attached hydrogens (tertiary/aromatic N) is 5. The van der Waals surface area contributed by atoms with Gasteiger partial charge in [-0.25, -0.2) is 4.98 Å². The lowest BCUT2D eigenvalue weighted by molar-refractivity contribution is -0.0665. The van der Waals surface area contributed by atoms with E-state index in [1.807, 2.05) is 32.0 Å². The maximum absolute atomic E-state index is 9.29. The summed E-state index contributed by atoms with van der Waals surface area (Å²) in [5, 5.41) is 21.6. The number of ether oxygens (including phenoxy) is 1. The fourth-order valence-corrected chi connectivity index (χ4v) is 5.27. The Kier molecular flexibility index (Phi) is 4.28. The molecule has 3 aliphatic carbocycles. The van der Waals surface area contributed by atoms with Gasteiger partial charge in [-0.05, 0) is 75.1 Å². The minimum Gasteiger partial charge on any atom is -0.438 e. The van der Waals surface area contributed by atoms with Crippen LogP contribution in [0.15, 0.2) is 18.2 Å². The molecule has 1 aliphatic heterocycles. The van der Waals surface area contributed by atoms with Crippen LogP contribution in [0.1, 0.15) is 47.2 Å². The summed E-state index contributed by atoms with van der Waals surface area (Å²) < 4.78 is 6.39. The van der Waals surface area contributed by atoms with E-state index in [-0.39, 0.29) is 11.0 Å². The van der Waals surface area contributed by atoms with Crippen molar-refractivity contribution in [2.75, 3.05) is 12.4 Å². The summed E-state index contributed by atoms with van der Waals surface area (Å²) in [5.74, 6) is 1.95. The number of fused-ring (bicyclic) bond motifs is 1. The van der Waals surface area contributed by atoms with Gasteiger partial charge >= 0.3 is 0 Å². The van der Waals surface area contributed by atoms with Crippen molar-refractivity contribution in [3.8, 4) is 23.8 Å². The third kappa shape index (κ3) is 3.22. The van der Waals surface area contributed by atoms with Gasteiger partial charge < -0.3 is 10.1 Å². The van der Waals surface area contributed by atoms with Gasteiger partial charge in [-0.1, -0.05) is 0 Å². The zero-order chi connectivity index (χ0) is 21.8. The molecule has 2 bridgehead atoms. The fraction of sp³-hybridized carbons (Fsp3) is 0.417. The molecule has 6 rings (SSSR count). The summed E-state index contributed by atoms with van der Waals surface area (Å²) in [5.41, 5.74) is 4.79. The highest BCUT2D eigenvalue weighted by Gasteiger charge is 2.69. The van der Waals surface area contributed by atoms with E-state index in [9.17, 15) is 5.26 Å². The molecular weight excluding hydrogens is 388 g/mol. The van der Waals surface area contributed by atoms with E-state index in [0.29, 0.717) is 11.8 Å². The van der Waals surface area contributed by atoms with E-state index in [4.69, 9.17) is 20.0 Å². The van der Waals surface area contributed by atoms with E-state index >= 15 is 0 Å². The first-order chi connectivity index (χ1) is 14.8. The van der Waals surface area contributed by atoms with Gasteiger partial charge in [0.05, 0.1) is 28.8 Å². The number of aromatic nitrogens is 2. The molecule has 1 N–H and O–H groups in total. The van der Waals surface area contributed by atoms with E-state index in [1.54, 1.807) is 6.08 Å². The van der Waals surface area contributed by atoms with E-state index < -0.39 is 0 Å². The third-order valence-corrected chi connectivity index (χ3v) is 6.58. The number of benzene rings is 1. The third-order valence-electron chi connectivity index (χ3n) is 6.58. The molecule has 156 valence electrons. The van der Waals surface area contributed by atoms with Gasteiger partial charge in [0.2, 0.25) is 11.8 Å². The number of allylic oxidation sites excluding steroid dienone is 1. The van der Waals surface area contributed by atoms with Crippen LogP contribution in [0.5, 0.6) is 11.6 Å². The number of nitriles is 2. The van der Waals surface area contributed by atoms with Gasteiger partial charge in [0, 0.05) is 24.7 Å². The van der Waals surface area contributed by atoms with Crippen LogP contribution in [0.25, 0.3) is 6.08 Å². The first-order valence-electron chi connectivity index (χ1n) is 10.5.